The van der Waals surface area contributed by atoms with Crippen LogP contribution in [-0.4, -0.2) is 34.2 Å². The Morgan fingerprint density at radius 1 is 1.39 bits per heavy atom. The van der Waals surface area contributed by atoms with Gasteiger partial charge in [0.25, 0.3) is 0 Å². The molecule has 0 unspecified atom stereocenters. The number of carbonyl (C=O) groups is 2. The van der Waals surface area contributed by atoms with Crippen LogP contribution in [0, 0.1) is 0 Å². The van der Waals surface area contributed by atoms with Gasteiger partial charge in [-0.15, -0.1) is 11.3 Å². The van der Waals surface area contributed by atoms with Gasteiger partial charge in [0.05, 0.1) is 12.0 Å². The molecule has 2 aromatic rings. The summed E-state index contributed by atoms with van der Waals surface area (Å²) in [7, 11) is 1.48. The molecule has 94 valence electrons. The van der Waals surface area contributed by atoms with Gasteiger partial charge in [0, 0.05) is 11.4 Å². The van der Waals surface area contributed by atoms with Crippen molar-refractivity contribution in [1.82, 2.24) is 4.98 Å². The molecule has 2 aromatic heterocycles. The summed E-state index contributed by atoms with van der Waals surface area (Å²) in [5, 5.41) is 19.3. The minimum atomic E-state index is -1.48. The second-order valence-electron chi connectivity index (χ2n) is 3.16. The Labute approximate surface area is 104 Å². The van der Waals surface area contributed by atoms with E-state index in [4.69, 9.17) is 19.4 Å². The van der Waals surface area contributed by atoms with Gasteiger partial charge in [-0.3, -0.25) is 0 Å². The Balaban J connectivity index is 2.49. The summed E-state index contributed by atoms with van der Waals surface area (Å²) in [4.78, 5) is 25.8. The molecule has 0 fully saturated rings. The fourth-order valence-electron chi connectivity index (χ4n) is 1.25. The summed E-state index contributed by atoms with van der Waals surface area (Å²) in [6.07, 6.45) is 0. The lowest BCUT2D eigenvalue weighted by Crippen LogP contribution is -2.05. The van der Waals surface area contributed by atoms with E-state index in [1.165, 1.54) is 18.4 Å². The van der Waals surface area contributed by atoms with Crippen LogP contribution in [0.5, 0.6) is 5.75 Å². The summed E-state index contributed by atoms with van der Waals surface area (Å²) in [5.74, 6) is -3.12. The van der Waals surface area contributed by atoms with Crippen molar-refractivity contribution in [2.75, 3.05) is 7.11 Å². The predicted octanol–water partition coefficient (Wildman–Crippen LogP) is 1.81. The zero-order valence-electron chi connectivity index (χ0n) is 9.04. The third kappa shape index (κ3) is 2.05. The van der Waals surface area contributed by atoms with Crippen molar-refractivity contribution in [1.29, 1.82) is 0 Å². The summed E-state index contributed by atoms with van der Waals surface area (Å²) < 4.78 is 9.90. The van der Waals surface area contributed by atoms with E-state index in [2.05, 4.69) is 4.98 Å². The Bertz CT molecular complexity index is 582. The summed E-state index contributed by atoms with van der Waals surface area (Å²) >= 11 is 1.21. The molecule has 0 saturated carbocycles. The minimum absolute atomic E-state index is 0.0573. The van der Waals surface area contributed by atoms with E-state index in [-0.39, 0.29) is 5.89 Å². The van der Waals surface area contributed by atoms with Gasteiger partial charge >= 0.3 is 11.9 Å². The van der Waals surface area contributed by atoms with Crippen molar-refractivity contribution in [3.05, 3.63) is 22.9 Å². The first-order valence-corrected chi connectivity index (χ1v) is 5.51. The van der Waals surface area contributed by atoms with Crippen molar-refractivity contribution in [2.45, 2.75) is 0 Å². The van der Waals surface area contributed by atoms with E-state index >= 15 is 0 Å². The molecule has 8 heteroatoms. The largest absolute Gasteiger partial charge is 0.496 e. The van der Waals surface area contributed by atoms with Crippen LogP contribution in [0.15, 0.2) is 15.9 Å². The molecule has 0 atom stereocenters. The first-order valence-electron chi connectivity index (χ1n) is 4.63. The monoisotopic (exact) mass is 269 g/mol. The number of nitrogens with zero attached hydrogens (tertiary/aromatic N) is 1. The highest BCUT2D eigenvalue weighted by Crippen LogP contribution is 2.31. The summed E-state index contributed by atoms with van der Waals surface area (Å²) in [6.45, 7) is 0. The number of methoxy groups -OCH3 is 1. The van der Waals surface area contributed by atoms with E-state index in [0.29, 0.717) is 10.6 Å². The molecule has 0 aromatic carbocycles. The maximum Gasteiger partial charge on any atom is 0.374 e. The van der Waals surface area contributed by atoms with E-state index in [9.17, 15) is 9.59 Å². The highest BCUT2D eigenvalue weighted by atomic mass is 32.1. The van der Waals surface area contributed by atoms with Gasteiger partial charge in [-0.2, -0.15) is 0 Å². The van der Waals surface area contributed by atoms with Gasteiger partial charge in [-0.1, -0.05) is 0 Å². The first kappa shape index (κ1) is 12.1. The first-order chi connectivity index (χ1) is 8.52. The predicted molar refractivity (Wildman–Crippen MR) is 60.3 cm³/mol. The molecule has 2 rings (SSSR count). The molecular weight excluding hydrogens is 262 g/mol. The number of ether oxygens (including phenoxy) is 1. The number of carboxylic acids is 2. The standard InChI is InChI=1S/C10H7NO6S/c1-16-4-2-5(18-3-4)8-11-6(9(12)13)7(17-8)10(14)15/h2-3H,1H3,(H,12,13)(H,14,15). The van der Waals surface area contributed by atoms with Crippen LogP contribution in [0.25, 0.3) is 10.8 Å². The second-order valence-corrected chi connectivity index (χ2v) is 4.07. The van der Waals surface area contributed by atoms with Crippen LogP contribution in [0.4, 0.5) is 0 Å². The van der Waals surface area contributed by atoms with Crippen LogP contribution in [0.2, 0.25) is 0 Å². The van der Waals surface area contributed by atoms with Crippen LogP contribution in [0.1, 0.15) is 21.0 Å². The Morgan fingerprint density at radius 3 is 2.56 bits per heavy atom. The smallest absolute Gasteiger partial charge is 0.374 e. The maximum absolute atomic E-state index is 10.8. The van der Waals surface area contributed by atoms with Crippen molar-refractivity contribution in [2.24, 2.45) is 0 Å². The topological polar surface area (TPSA) is 110 Å². The van der Waals surface area contributed by atoms with Crippen molar-refractivity contribution in [3.63, 3.8) is 0 Å². The van der Waals surface area contributed by atoms with Crippen LogP contribution in [-0.2, 0) is 0 Å². The summed E-state index contributed by atoms with van der Waals surface area (Å²) in [6, 6.07) is 1.58. The number of carboxylic acid groups (broad SMARTS) is 2. The Kier molecular flexibility index (Phi) is 3.02. The number of hydrogen-bond acceptors (Lipinski definition) is 6. The van der Waals surface area contributed by atoms with Gasteiger partial charge in [-0.05, 0) is 0 Å². The lowest BCUT2D eigenvalue weighted by Gasteiger charge is -1.89. The molecule has 2 N–H and O–H groups in total. The number of hydrogen-bond donors (Lipinski definition) is 2. The average Bonchev–Trinajstić information content (AvgIpc) is 2.95. The lowest BCUT2D eigenvalue weighted by molar-refractivity contribution is 0.0624. The molecular formula is C10H7NO6S. The molecule has 2 heterocycles. The molecule has 0 saturated heterocycles. The van der Waals surface area contributed by atoms with E-state index in [0.717, 1.165) is 0 Å². The molecule has 0 spiro atoms. The molecule has 0 aliphatic heterocycles. The van der Waals surface area contributed by atoms with Crippen molar-refractivity contribution >= 4 is 23.3 Å². The number of aromatic carboxylic acids is 2. The highest BCUT2D eigenvalue weighted by Gasteiger charge is 2.25. The Hall–Kier alpha value is -2.35. The number of oxazole rings is 1. The summed E-state index contributed by atoms with van der Waals surface area (Å²) in [5.41, 5.74) is -0.620. The van der Waals surface area contributed by atoms with E-state index in [1.807, 2.05) is 0 Å². The fourth-order valence-corrected chi connectivity index (χ4v) is 2.03. The fraction of sp³-hybridized carbons (Fsp3) is 0.100. The quantitative estimate of drug-likeness (QED) is 0.870. The third-order valence-electron chi connectivity index (χ3n) is 2.05. The molecule has 0 amide bonds. The van der Waals surface area contributed by atoms with Crippen molar-refractivity contribution < 1.29 is 29.0 Å². The van der Waals surface area contributed by atoms with Gasteiger partial charge in [0.1, 0.15) is 5.75 Å². The zero-order valence-corrected chi connectivity index (χ0v) is 9.85. The molecule has 7 nitrogen and oxygen atoms in total. The second kappa shape index (κ2) is 4.49. The minimum Gasteiger partial charge on any atom is -0.496 e. The molecule has 18 heavy (non-hydrogen) atoms. The molecule has 0 aliphatic rings. The number of aromatic nitrogens is 1. The molecule has 0 radical (unpaired) electrons. The van der Waals surface area contributed by atoms with E-state index < -0.39 is 23.4 Å². The zero-order chi connectivity index (χ0) is 13.3. The Morgan fingerprint density at radius 2 is 2.11 bits per heavy atom. The molecule has 0 bridgehead atoms. The van der Waals surface area contributed by atoms with Gasteiger partial charge in [0.15, 0.2) is 0 Å². The third-order valence-corrected chi connectivity index (χ3v) is 2.94. The van der Waals surface area contributed by atoms with Crippen LogP contribution >= 0.6 is 11.3 Å². The van der Waals surface area contributed by atoms with Gasteiger partial charge in [0.2, 0.25) is 17.3 Å². The number of thiophene rings is 1. The van der Waals surface area contributed by atoms with Crippen LogP contribution in [0.3, 0.4) is 0 Å². The highest BCUT2D eigenvalue weighted by molar-refractivity contribution is 7.13. The normalized spacial score (nSPS) is 10.3. The van der Waals surface area contributed by atoms with E-state index in [1.54, 1.807) is 11.4 Å². The number of rotatable bonds is 4. The lowest BCUT2D eigenvalue weighted by atomic mass is 10.3. The van der Waals surface area contributed by atoms with Gasteiger partial charge < -0.3 is 19.4 Å². The average molecular weight is 269 g/mol. The van der Waals surface area contributed by atoms with Crippen LogP contribution < -0.4 is 4.74 Å². The maximum atomic E-state index is 10.8. The SMILES string of the molecule is COc1csc(-c2nc(C(=O)O)c(C(=O)O)o2)c1. The van der Waals surface area contributed by atoms with Crippen molar-refractivity contribution in [3.8, 4) is 16.5 Å². The van der Waals surface area contributed by atoms with Gasteiger partial charge in [-0.25, -0.2) is 14.6 Å². The molecule has 0 aliphatic carbocycles.